The number of unbranched alkanes of at least 4 members (excludes halogenated alkanes) is 1. The number of Topliss-reactive ketones (excluding diaryl/α,β-unsaturated/α-hetero) is 1. The molecule has 112 valence electrons. The average Bonchev–Trinajstić information content (AvgIpc) is 2.46. The van der Waals surface area contributed by atoms with Crippen molar-refractivity contribution in [2.45, 2.75) is 39.5 Å². The Morgan fingerprint density at radius 3 is 2.43 bits per heavy atom. The number of carbonyl (C=O) groups is 1. The molecule has 0 aliphatic carbocycles. The summed E-state index contributed by atoms with van der Waals surface area (Å²) in [6, 6.07) is 12.3. The van der Waals surface area contributed by atoms with E-state index >= 15 is 0 Å². The topological polar surface area (TPSA) is 30.0 Å². The summed E-state index contributed by atoms with van der Waals surface area (Å²) in [6.07, 6.45) is 5.14. The fraction of sp³-hybridized carbons (Fsp3) is 0.333. The van der Waals surface area contributed by atoms with Crippen LogP contribution in [0.1, 0.15) is 37.4 Å². The second-order valence-corrected chi connectivity index (χ2v) is 5.20. The molecule has 0 saturated heterocycles. The van der Waals surface area contributed by atoms with Crippen LogP contribution in [0.4, 0.5) is 0 Å². The zero-order valence-corrected chi connectivity index (χ0v) is 13.3. The maximum atomic E-state index is 11.8. The first-order chi connectivity index (χ1) is 9.69. The number of hydrogen-bond donors (Lipinski definition) is 0. The number of ketones is 1. The molecule has 3 heteroatoms. The van der Waals surface area contributed by atoms with Gasteiger partial charge in [-0.2, -0.15) is 0 Å². The van der Waals surface area contributed by atoms with E-state index in [0.717, 1.165) is 24.1 Å². The van der Waals surface area contributed by atoms with Crippen molar-refractivity contribution in [3.05, 3.63) is 53.9 Å². The summed E-state index contributed by atoms with van der Waals surface area (Å²) >= 11 is 0. The Morgan fingerprint density at radius 2 is 1.81 bits per heavy atom. The van der Waals surface area contributed by atoms with E-state index in [0.29, 0.717) is 18.6 Å². The van der Waals surface area contributed by atoms with Crippen LogP contribution in [-0.2, 0) is 11.2 Å². The quantitative estimate of drug-likeness (QED) is 0.793. The molecule has 21 heavy (non-hydrogen) atoms. The molecule has 0 atom stereocenters. The summed E-state index contributed by atoms with van der Waals surface area (Å²) in [5.41, 5.74) is 4.45. The molecule has 0 bridgehead atoms. The van der Waals surface area contributed by atoms with Crippen LogP contribution in [0.2, 0.25) is 0 Å². The third-order valence-electron chi connectivity index (χ3n) is 3.39. The van der Waals surface area contributed by atoms with Crippen LogP contribution in [0.25, 0.3) is 11.1 Å². The molecule has 2 nitrogen and oxygen atoms in total. The van der Waals surface area contributed by atoms with E-state index in [2.05, 4.69) is 42.2 Å². The van der Waals surface area contributed by atoms with Crippen LogP contribution in [0, 0.1) is 44.7 Å². The number of benzene rings is 1. The van der Waals surface area contributed by atoms with Gasteiger partial charge in [0.05, 0.1) is 0 Å². The summed E-state index contributed by atoms with van der Waals surface area (Å²) < 4.78 is 0. The molecule has 0 unspecified atom stereocenters. The van der Waals surface area contributed by atoms with Gasteiger partial charge in [0, 0.05) is 62.5 Å². The monoisotopic (exact) mass is 307 g/mol. The third kappa shape index (κ3) is 5.90. The van der Waals surface area contributed by atoms with Crippen molar-refractivity contribution >= 4 is 5.78 Å². The molecule has 0 aliphatic rings. The van der Waals surface area contributed by atoms with Gasteiger partial charge < -0.3 is 0 Å². The Bertz CT molecular complexity index is 578. The molecule has 1 heterocycles. The standard InChI is InChI=1S/C18H21NO.Ar/c1-3-4-5-18(20)13-15-6-8-16(9-7-15)17-10-11-19-14(2)12-17;/h6-12H,3-5,13H2,1-2H3;. The van der Waals surface area contributed by atoms with Gasteiger partial charge in [-0.3, -0.25) is 9.78 Å². The van der Waals surface area contributed by atoms with Crippen LogP contribution >= 0.6 is 0 Å². The smallest absolute Gasteiger partial charge is 0.137 e. The largest absolute Gasteiger partial charge is 0.299 e. The molecule has 0 amide bonds. The van der Waals surface area contributed by atoms with E-state index in [-0.39, 0.29) is 37.7 Å². The first-order valence-electron chi connectivity index (χ1n) is 7.22. The SMILES string of the molecule is CCCCC(=O)Cc1ccc(-c2ccnc(C)c2)cc1.[Ar]. The van der Waals surface area contributed by atoms with Gasteiger partial charge in [0.1, 0.15) is 5.78 Å². The van der Waals surface area contributed by atoms with E-state index in [1.165, 1.54) is 11.1 Å². The molecule has 0 saturated carbocycles. The van der Waals surface area contributed by atoms with Crippen LogP contribution in [-0.4, -0.2) is 10.8 Å². The minimum absolute atomic E-state index is 0. The molecule has 0 aliphatic heterocycles. The van der Waals surface area contributed by atoms with Crippen molar-refractivity contribution in [1.29, 1.82) is 0 Å². The first kappa shape index (κ1) is 18.3. The summed E-state index contributed by atoms with van der Waals surface area (Å²) in [5, 5.41) is 0. The number of rotatable bonds is 6. The van der Waals surface area contributed by atoms with Crippen molar-refractivity contribution in [2.24, 2.45) is 0 Å². The van der Waals surface area contributed by atoms with Crippen LogP contribution in [0.3, 0.4) is 0 Å². The average molecular weight is 307 g/mol. The van der Waals surface area contributed by atoms with Crippen LogP contribution < -0.4 is 0 Å². The maximum absolute atomic E-state index is 11.8. The Kier molecular flexibility index (Phi) is 8.16. The number of aryl methyl sites for hydroxylation is 1. The van der Waals surface area contributed by atoms with Gasteiger partial charge in [-0.05, 0) is 42.2 Å². The predicted octanol–water partition coefficient (Wildman–Crippen LogP) is 4.36. The van der Waals surface area contributed by atoms with Gasteiger partial charge >= 0.3 is 0 Å². The predicted molar refractivity (Wildman–Crippen MR) is 82.6 cm³/mol. The van der Waals surface area contributed by atoms with Crippen LogP contribution in [0.5, 0.6) is 0 Å². The normalized spacial score (nSPS) is 10.0. The molecule has 0 radical (unpaired) electrons. The number of carbonyl (C=O) groups excluding carboxylic acids is 1. The molecule has 0 spiro atoms. The number of aromatic nitrogens is 1. The summed E-state index contributed by atoms with van der Waals surface area (Å²) in [7, 11) is 0. The second kappa shape index (κ2) is 9.34. The fourth-order valence-corrected chi connectivity index (χ4v) is 2.23. The molecule has 1 aromatic carbocycles. The zero-order valence-electron chi connectivity index (χ0n) is 12.6. The van der Waals surface area contributed by atoms with E-state index in [1.807, 2.05) is 19.2 Å². The maximum Gasteiger partial charge on any atom is 0.137 e. The molecule has 2 aromatic rings. The van der Waals surface area contributed by atoms with E-state index < -0.39 is 0 Å². The summed E-state index contributed by atoms with van der Waals surface area (Å²) in [6.45, 7) is 4.10. The summed E-state index contributed by atoms with van der Waals surface area (Å²) in [5.74, 6) is 0.333. The first-order valence-corrected chi connectivity index (χ1v) is 7.22. The van der Waals surface area contributed by atoms with Gasteiger partial charge in [0.25, 0.3) is 0 Å². The molecule has 1 aromatic heterocycles. The Labute approximate surface area is 157 Å². The Morgan fingerprint density at radius 1 is 1.10 bits per heavy atom. The number of nitrogens with zero attached hydrogens (tertiary/aromatic N) is 1. The zero-order chi connectivity index (χ0) is 14.4. The van der Waals surface area contributed by atoms with E-state index in [9.17, 15) is 4.79 Å². The third-order valence-corrected chi connectivity index (χ3v) is 3.39. The van der Waals surface area contributed by atoms with Crippen molar-refractivity contribution in [3.8, 4) is 11.1 Å². The Hall–Kier alpha value is -0.700. The van der Waals surface area contributed by atoms with Gasteiger partial charge in [-0.25, -0.2) is 0 Å². The Balaban J connectivity index is 0.00000220. The second-order valence-electron chi connectivity index (χ2n) is 5.20. The van der Waals surface area contributed by atoms with Gasteiger partial charge in [-0.15, -0.1) is 0 Å². The van der Waals surface area contributed by atoms with Gasteiger partial charge in [0.2, 0.25) is 0 Å². The molecule has 0 fully saturated rings. The number of pyridine rings is 1. The van der Waals surface area contributed by atoms with E-state index in [4.69, 9.17) is 0 Å². The van der Waals surface area contributed by atoms with E-state index in [1.54, 1.807) is 0 Å². The van der Waals surface area contributed by atoms with Crippen molar-refractivity contribution in [3.63, 3.8) is 0 Å². The summed E-state index contributed by atoms with van der Waals surface area (Å²) in [4.78, 5) is 16.0. The fourth-order valence-electron chi connectivity index (χ4n) is 2.23. The molecule has 0 N–H and O–H groups in total. The van der Waals surface area contributed by atoms with Crippen molar-refractivity contribution < 1.29 is 42.5 Å². The van der Waals surface area contributed by atoms with Gasteiger partial charge in [0.15, 0.2) is 0 Å². The molecule has 2 rings (SSSR count). The van der Waals surface area contributed by atoms with Crippen LogP contribution in [0.15, 0.2) is 42.6 Å². The van der Waals surface area contributed by atoms with Gasteiger partial charge in [-0.1, -0.05) is 37.6 Å². The molecular weight excluding hydrogens is 286 g/mol. The minimum atomic E-state index is 0. The number of hydrogen-bond acceptors (Lipinski definition) is 2. The minimum Gasteiger partial charge on any atom is -0.299 e. The van der Waals surface area contributed by atoms with Crippen molar-refractivity contribution in [2.75, 3.05) is 0 Å². The molecular formula is C18H21ArNO. The van der Waals surface area contributed by atoms with Crippen molar-refractivity contribution in [1.82, 2.24) is 4.98 Å².